The Kier molecular flexibility index (Phi) is 11.2. The molecule has 0 aromatic heterocycles. The summed E-state index contributed by atoms with van der Waals surface area (Å²) in [6.45, 7) is 4.91. The molecule has 0 bridgehead atoms. The third-order valence-electron chi connectivity index (χ3n) is 6.76. The van der Waals surface area contributed by atoms with Gasteiger partial charge in [-0.25, -0.2) is 8.42 Å². The Morgan fingerprint density at radius 1 is 0.756 bits per heavy atom. The number of hydrogen-bond donors (Lipinski definition) is 1. The fourth-order valence-corrected chi connectivity index (χ4v) is 6.92. The molecule has 4 aromatic rings. The second kappa shape index (κ2) is 14.7. The maximum atomic E-state index is 14.5. The Morgan fingerprint density at radius 3 is 1.91 bits per heavy atom. The van der Waals surface area contributed by atoms with Crippen molar-refractivity contribution in [2.45, 2.75) is 50.2 Å². The Balaban J connectivity index is 1.84. The van der Waals surface area contributed by atoms with Crippen molar-refractivity contribution in [2.75, 3.05) is 10.8 Å². The average molecular weight is 687 g/mol. The van der Waals surface area contributed by atoms with Crippen molar-refractivity contribution in [1.29, 1.82) is 0 Å². The van der Waals surface area contributed by atoms with E-state index in [2.05, 4.69) is 5.32 Å². The van der Waals surface area contributed by atoms with Crippen LogP contribution in [0.2, 0.25) is 15.1 Å². The van der Waals surface area contributed by atoms with E-state index in [1.165, 1.54) is 35.2 Å². The molecule has 0 aliphatic rings. The van der Waals surface area contributed by atoms with Crippen LogP contribution in [0.3, 0.4) is 0 Å². The molecule has 11 heteroatoms. The van der Waals surface area contributed by atoms with Gasteiger partial charge in [-0.1, -0.05) is 95.5 Å². The van der Waals surface area contributed by atoms with Crippen LogP contribution in [-0.4, -0.2) is 43.3 Å². The Morgan fingerprint density at radius 2 is 1.33 bits per heavy atom. The number of carbonyl (C=O) groups is 2. The molecule has 4 rings (SSSR count). The molecule has 45 heavy (non-hydrogen) atoms. The van der Waals surface area contributed by atoms with Gasteiger partial charge in [-0.05, 0) is 74.4 Å². The van der Waals surface area contributed by atoms with E-state index in [4.69, 9.17) is 34.8 Å². The van der Waals surface area contributed by atoms with Crippen molar-refractivity contribution in [3.8, 4) is 0 Å². The number of benzene rings is 4. The Bertz CT molecular complexity index is 1730. The van der Waals surface area contributed by atoms with Gasteiger partial charge in [0.15, 0.2) is 0 Å². The minimum atomic E-state index is -4.28. The number of carbonyl (C=O) groups excluding carboxylic acids is 2. The quantitative estimate of drug-likeness (QED) is 0.178. The molecule has 0 saturated heterocycles. The van der Waals surface area contributed by atoms with Gasteiger partial charge < -0.3 is 10.2 Å². The first-order valence-electron chi connectivity index (χ1n) is 14.2. The molecule has 0 aliphatic carbocycles. The molecule has 236 valence electrons. The highest BCUT2D eigenvalue weighted by molar-refractivity contribution is 7.92. The van der Waals surface area contributed by atoms with Crippen LogP contribution in [0.1, 0.15) is 31.9 Å². The van der Waals surface area contributed by atoms with Crippen molar-refractivity contribution in [3.63, 3.8) is 0 Å². The molecule has 0 radical (unpaired) electrons. The van der Waals surface area contributed by atoms with Crippen molar-refractivity contribution in [1.82, 2.24) is 10.2 Å². The van der Waals surface area contributed by atoms with Gasteiger partial charge in [0.2, 0.25) is 11.8 Å². The molecular weight excluding hydrogens is 653 g/mol. The third-order valence-corrected chi connectivity index (χ3v) is 9.22. The van der Waals surface area contributed by atoms with Crippen molar-refractivity contribution < 1.29 is 18.0 Å². The molecule has 0 heterocycles. The Labute approximate surface area is 279 Å². The summed E-state index contributed by atoms with van der Waals surface area (Å²) in [6.07, 6.45) is 0.184. The van der Waals surface area contributed by atoms with Crippen molar-refractivity contribution in [2.24, 2.45) is 0 Å². The third kappa shape index (κ3) is 9.47. The van der Waals surface area contributed by atoms with Gasteiger partial charge in [-0.2, -0.15) is 0 Å². The predicted octanol–water partition coefficient (Wildman–Crippen LogP) is 7.40. The second-order valence-electron chi connectivity index (χ2n) is 11.5. The summed E-state index contributed by atoms with van der Waals surface area (Å²) in [5, 5.41) is 3.85. The van der Waals surface area contributed by atoms with Crippen LogP contribution in [0.4, 0.5) is 5.69 Å². The zero-order chi connectivity index (χ0) is 32.8. The van der Waals surface area contributed by atoms with Crippen LogP contribution in [0, 0.1) is 0 Å². The molecule has 1 atom stereocenters. The van der Waals surface area contributed by atoms with E-state index in [1.54, 1.807) is 42.5 Å². The molecule has 0 spiro atoms. The molecule has 0 unspecified atom stereocenters. The van der Waals surface area contributed by atoms with Crippen LogP contribution >= 0.6 is 34.8 Å². The minimum absolute atomic E-state index is 0.00994. The lowest BCUT2D eigenvalue weighted by atomic mass is 10.0. The zero-order valence-electron chi connectivity index (χ0n) is 25.1. The van der Waals surface area contributed by atoms with Gasteiger partial charge in [0.1, 0.15) is 12.6 Å². The van der Waals surface area contributed by atoms with Crippen LogP contribution in [0.25, 0.3) is 0 Å². The maximum Gasteiger partial charge on any atom is 0.264 e. The number of anilines is 1. The zero-order valence-corrected chi connectivity index (χ0v) is 28.2. The van der Waals surface area contributed by atoms with Crippen molar-refractivity contribution in [3.05, 3.63) is 129 Å². The highest BCUT2D eigenvalue weighted by Gasteiger charge is 2.35. The van der Waals surface area contributed by atoms with E-state index in [0.717, 1.165) is 9.87 Å². The first-order valence-corrected chi connectivity index (χ1v) is 16.7. The molecule has 0 aliphatic heterocycles. The van der Waals surface area contributed by atoms with E-state index >= 15 is 0 Å². The summed E-state index contributed by atoms with van der Waals surface area (Å²) in [5.41, 5.74) is 0.995. The van der Waals surface area contributed by atoms with Crippen LogP contribution in [-0.2, 0) is 32.6 Å². The number of sulfonamides is 1. The van der Waals surface area contributed by atoms with Crippen LogP contribution in [0.15, 0.2) is 108 Å². The van der Waals surface area contributed by atoms with Gasteiger partial charge in [-0.15, -0.1) is 0 Å². The van der Waals surface area contributed by atoms with Gasteiger partial charge in [0.05, 0.1) is 10.6 Å². The first kappa shape index (κ1) is 34.3. The fraction of sp³-hybridized carbons (Fsp3) is 0.235. The molecule has 0 saturated carbocycles. The molecule has 2 amide bonds. The van der Waals surface area contributed by atoms with Crippen LogP contribution in [0.5, 0.6) is 0 Å². The number of nitrogens with one attached hydrogen (secondary N) is 1. The van der Waals surface area contributed by atoms with Crippen molar-refractivity contribution >= 4 is 62.3 Å². The van der Waals surface area contributed by atoms with E-state index in [9.17, 15) is 18.0 Å². The molecule has 0 fully saturated rings. The Hall–Kier alpha value is -3.56. The number of nitrogens with zero attached hydrogens (tertiary/aromatic N) is 2. The summed E-state index contributed by atoms with van der Waals surface area (Å²) in [4.78, 5) is 29.8. The first-order chi connectivity index (χ1) is 21.2. The second-order valence-corrected chi connectivity index (χ2v) is 14.7. The average Bonchev–Trinajstić information content (AvgIpc) is 2.97. The van der Waals surface area contributed by atoms with E-state index < -0.39 is 34.1 Å². The SMILES string of the molecule is CC(C)(C)NC(=O)[C@@H](Cc1ccccc1)N(Cc1cccc(Cl)c1)C(=O)CN(c1cc(Cl)cc(Cl)c1)S(=O)(=O)c1ccccc1. The minimum Gasteiger partial charge on any atom is -0.350 e. The van der Waals surface area contributed by atoms with E-state index in [1.807, 2.05) is 51.1 Å². The highest BCUT2D eigenvalue weighted by atomic mass is 35.5. The largest absolute Gasteiger partial charge is 0.350 e. The lowest BCUT2D eigenvalue weighted by Crippen LogP contribution is -2.56. The summed E-state index contributed by atoms with van der Waals surface area (Å²) in [5.74, 6) is -0.999. The summed E-state index contributed by atoms with van der Waals surface area (Å²) < 4.78 is 29.1. The number of hydrogen-bond acceptors (Lipinski definition) is 4. The molecule has 4 aromatic carbocycles. The van der Waals surface area contributed by atoms with E-state index in [0.29, 0.717) is 10.6 Å². The molecular formula is C34H34Cl3N3O4S. The van der Waals surface area contributed by atoms with Gasteiger partial charge in [-0.3, -0.25) is 13.9 Å². The highest BCUT2D eigenvalue weighted by Crippen LogP contribution is 2.30. The summed E-state index contributed by atoms with van der Waals surface area (Å²) >= 11 is 18.9. The lowest BCUT2D eigenvalue weighted by Gasteiger charge is -2.35. The fourth-order valence-electron chi connectivity index (χ4n) is 4.77. The number of rotatable bonds is 11. The smallest absolute Gasteiger partial charge is 0.264 e. The maximum absolute atomic E-state index is 14.5. The van der Waals surface area contributed by atoms with Gasteiger partial charge in [0.25, 0.3) is 10.0 Å². The number of halogens is 3. The summed E-state index contributed by atoms with van der Waals surface area (Å²) in [6, 6.07) is 27.4. The molecule has 1 N–H and O–H groups in total. The van der Waals surface area contributed by atoms with Gasteiger partial charge >= 0.3 is 0 Å². The van der Waals surface area contributed by atoms with Crippen LogP contribution < -0.4 is 9.62 Å². The molecule has 7 nitrogen and oxygen atoms in total. The van der Waals surface area contributed by atoms with Gasteiger partial charge in [0, 0.05) is 33.6 Å². The normalized spacial score (nSPS) is 12.3. The monoisotopic (exact) mass is 685 g/mol. The predicted molar refractivity (Wildman–Crippen MR) is 181 cm³/mol. The standard InChI is InChI=1S/C34H34Cl3N3O4S/c1-34(2,3)38-33(42)31(18-24-11-6-4-7-12-24)39(22-25-13-10-14-26(35)17-25)32(41)23-40(29-20-27(36)19-28(37)21-29)45(43,44)30-15-8-5-9-16-30/h4-17,19-21,31H,18,22-23H2,1-3H3,(H,38,42)/t31-/m1/s1. The lowest BCUT2D eigenvalue weighted by molar-refractivity contribution is -0.140. The van der Waals surface area contributed by atoms with E-state index in [-0.39, 0.29) is 39.5 Å². The summed E-state index contributed by atoms with van der Waals surface area (Å²) in [7, 11) is -4.28. The number of amides is 2. The topological polar surface area (TPSA) is 86.8 Å².